The summed E-state index contributed by atoms with van der Waals surface area (Å²) >= 11 is 1.44. The molecule has 3 aromatic rings. The fourth-order valence-electron chi connectivity index (χ4n) is 3.04. The van der Waals surface area contributed by atoms with Gasteiger partial charge >= 0.3 is 0 Å². The number of thiazole rings is 1. The molecular weight excluding hydrogens is 380 g/mol. The summed E-state index contributed by atoms with van der Waals surface area (Å²) in [7, 11) is -1.62. The first-order chi connectivity index (χ1) is 12.7. The third-order valence-electron chi connectivity index (χ3n) is 4.42. The van der Waals surface area contributed by atoms with E-state index in [4.69, 9.17) is 0 Å². The number of amides is 1. The number of carbonyl (C=O) groups is 1. The number of aryl methyl sites for hydroxylation is 4. The molecule has 27 heavy (non-hydrogen) atoms. The fourth-order valence-corrected chi connectivity index (χ4v) is 5.48. The second kappa shape index (κ2) is 7.40. The zero-order valence-corrected chi connectivity index (χ0v) is 17.4. The van der Waals surface area contributed by atoms with Crippen LogP contribution in [0.4, 0.5) is 0 Å². The average molecular weight is 403 g/mol. The van der Waals surface area contributed by atoms with E-state index in [0.29, 0.717) is 4.80 Å². The third kappa shape index (κ3) is 4.20. The molecule has 2 aromatic carbocycles. The van der Waals surface area contributed by atoms with Crippen molar-refractivity contribution in [2.24, 2.45) is 12.0 Å². The van der Waals surface area contributed by atoms with Gasteiger partial charge in [0.05, 0.1) is 20.9 Å². The van der Waals surface area contributed by atoms with Crippen LogP contribution < -0.4 is 4.80 Å². The van der Waals surface area contributed by atoms with Gasteiger partial charge in [0.1, 0.15) is 0 Å². The van der Waals surface area contributed by atoms with Gasteiger partial charge in [-0.25, -0.2) is 8.42 Å². The monoisotopic (exact) mass is 402 g/mol. The predicted octanol–water partition coefficient (Wildman–Crippen LogP) is 3.46. The van der Waals surface area contributed by atoms with E-state index in [9.17, 15) is 13.2 Å². The van der Waals surface area contributed by atoms with Crippen molar-refractivity contribution in [1.82, 2.24) is 4.57 Å². The van der Waals surface area contributed by atoms with Crippen molar-refractivity contribution in [2.75, 3.05) is 5.75 Å². The lowest BCUT2D eigenvalue weighted by Crippen LogP contribution is -2.16. The van der Waals surface area contributed by atoms with Gasteiger partial charge in [-0.2, -0.15) is 4.99 Å². The molecule has 0 spiro atoms. The number of carbonyl (C=O) groups excluding carboxylic acids is 1. The molecule has 0 aliphatic carbocycles. The van der Waals surface area contributed by atoms with Crippen molar-refractivity contribution in [2.45, 2.75) is 32.1 Å². The van der Waals surface area contributed by atoms with Crippen LogP contribution in [0.15, 0.2) is 46.3 Å². The summed E-state index contributed by atoms with van der Waals surface area (Å²) in [6, 6.07) is 10.8. The molecular formula is C20H22N2O3S2. The van der Waals surface area contributed by atoms with E-state index >= 15 is 0 Å². The molecule has 0 bridgehead atoms. The van der Waals surface area contributed by atoms with E-state index in [1.54, 1.807) is 24.3 Å². The van der Waals surface area contributed by atoms with Crippen LogP contribution in [0.25, 0.3) is 10.2 Å². The molecule has 7 heteroatoms. The highest BCUT2D eigenvalue weighted by molar-refractivity contribution is 7.91. The van der Waals surface area contributed by atoms with E-state index in [1.165, 1.54) is 11.3 Å². The number of hydrogen-bond acceptors (Lipinski definition) is 4. The Bertz CT molecular complexity index is 1180. The summed E-state index contributed by atoms with van der Waals surface area (Å²) in [5.74, 6) is -0.673. The van der Waals surface area contributed by atoms with E-state index in [1.807, 2.05) is 32.4 Å². The molecule has 0 N–H and O–H groups in total. The minimum Gasteiger partial charge on any atom is -0.319 e. The third-order valence-corrected chi connectivity index (χ3v) is 7.23. The van der Waals surface area contributed by atoms with E-state index in [0.717, 1.165) is 26.9 Å². The molecule has 5 nitrogen and oxygen atoms in total. The summed E-state index contributed by atoms with van der Waals surface area (Å²) in [5.41, 5.74) is 4.32. The van der Waals surface area contributed by atoms with Crippen molar-refractivity contribution in [3.63, 3.8) is 0 Å². The Kier molecular flexibility index (Phi) is 5.35. The van der Waals surface area contributed by atoms with Crippen LogP contribution in [0, 0.1) is 20.8 Å². The maximum atomic E-state index is 12.4. The van der Waals surface area contributed by atoms with Crippen LogP contribution in [0.3, 0.4) is 0 Å². The van der Waals surface area contributed by atoms with Crippen LogP contribution in [0.1, 0.15) is 23.1 Å². The first-order valence-corrected chi connectivity index (χ1v) is 11.1. The lowest BCUT2D eigenvalue weighted by molar-refractivity contribution is -0.117. The molecule has 1 amide bonds. The van der Waals surface area contributed by atoms with Gasteiger partial charge in [-0.05, 0) is 50.1 Å². The maximum absolute atomic E-state index is 12.4. The molecule has 3 rings (SSSR count). The van der Waals surface area contributed by atoms with Crippen molar-refractivity contribution < 1.29 is 13.2 Å². The zero-order valence-electron chi connectivity index (χ0n) is 15.8. The topological polar surface area (TPSA) is 68.5 Å². The lowest BCUT2D eigenvalue weighted by Gasteiger charge is -2.03. The molecule has 0 aliphatic rings. The summed E-state index contributed by atoms with van der Waals surface area (Å²) < 4.78 is 27.7. The number of sulfone groups is 1. The van der Waals surface area contributed by atoms with Crippen LogP contribution in [-0.2, 0) is 21.7 Å². The molecule has 0 fully saturated rings. The smallest absolute Gasteiger partial charge is 0.249 e. The number of nitrogens with zero attached hydrogens (tertiary/aromatic N) is 2. The summed E-state index contributed by atoms with van der Waals surface area (Å²) in [4.78, 5) is 17.3. The first-order valence-electron chi connectivity index (χ1n) is 8.61. The molecule has 1 aromatic heterocycles. The van der Waals surface area contributed by atoms with Gasteiger partial charge in [-0.15, -0.1) is 0 Å². The van der Waals surface area contributed by atoms with Gasteiger partial charge in [-0.3, -0.25) is 4.79 Å². The van der Waals surface area contributed by atoms with Gasteiger partial charge in [0.25, 0.3) is 0 Å². The molecule has 0 unspecified atom stereocenters. The van der Waals surface area contributed by atoms with Crippen molar-refractivity contribution in [3.05, 3.63) is 57.9 Å². The summed E-state index contributed by atoms with van der Waals surface area (Å²) in [5, 5.41) is 0. The first kappa shape index (κ1) is 19.5. The Morgan fingerprint density at radius 1 is 1.07 bits per heavy atom. The van der Waals surface area contributed by atoms with Crippen LogP contribution in [0.2, 0.25) is 0 Å². The highest BCUT2D eigenvalue weighted by atomic mass is 32.2. The Hall–Kier alpha value is -2.25. The van der Waals surface area contributed by atoms with Crippen molar-refractivity contribution in [3.8, 4) is 0 Å². The second-order valence-electron chi connectivity index (χ2n) is 6.76. The highest BCUT2D eigenvalue weighted by Crippen LogP contribution is 2.22. The Morgan fingerprint density at radius 3 is 2.41 bits per heavy atom. The molecule has 1 heterocycles. The molecule has 0 saturated carbocycles. The summed E-state index contributed by atoms with van der Waals surface area (Å²) in [6.45, 7) is 5.96. The Morgan fingerprint density at radius 2 is 1.74 bits per heavy atom. The van der Waals surface area contributed by atoms with E-state index in [2.05, 4.69) is 17.1 Å². The largest absolute Gasteiger partial charge is 0.319 e. The van der Waals surface area contributed by atoms with Gasteiger partial charge in [0, 0.05) is 13.5 Å². The van der Waals surface area contributed by atoms with Gasteiger partial charge in [-0.1, -0.05) is 35.1 Å². The molecule has 0 aliphatic heterocycles. The van der Waals surface area contributed by atoms with Crippen LogP contribution in [-0.4, -0.2) is 24.6 Å². The highest BCUT2D eigenvalue weighted by Gasteiger charge is 2.16. The Balaban J connectivity index is 1.83. The minimum atomic E-state index is -3.50. The van der Waals surface area contributed by atoms with Crippen molar-refractivity contribution in [1.29, 1.82) is 0 Å². The molecule has 0 radical (unpaired) electrons. The van der Waals surface area contributed by atoms with Crippen LogP contribution >= 0.6 is 11.3 Å². The molecule has 142 valence electrons. The summed E-state index contributed by atoms with van der Waals surface area (Å²) in [6.07, 6.45) is -0.136. The quantitative estimate of drug-likeness (QED) is 0.671. The van der Waals surface area contributed by atoms with Gasteiger partial charge in [0.15, 0.2) is 14.6 Å². The van der Waals surface area contributed by atoms with Gasteiger partial charge < -0.3 is 4.57 Å². The lowest BCUT2D eigenvalue weighted by atomic mass is 10.1. The normalized spacial score (nSPS) is 12.7. The fraction of sp³-hybridized carbons (Fsp3) is 0.300. The maximum Gasteiger partial charge on any atom is 0.249 e. The minimum absolute atomic E-state index is 0.136. The second-order valence-corrected chi connectivity index (χ2v) is 9.88. The predicted molar refractivity (Wildman–Crippen MR) is 109 cm³/mol. The van der Waals surface area contributed by atoms with Crippen LogP contribution in [0.5, 0.6) is 0 Å². The Labute approximate surface area is 162 Å². The average Bonchev–Trinajstić information content (AvgIpc) is 2.89. The molecule has 0 saturated heterocycles. The van der Waals surface area contributed by atoms with Gasteiger partial charge in [0.2, 0.25) is 5.91 Å². The number of hydrogen-bond donors (Lipinski definition) is 0. The van der Waals surface area contributed by atoms with E-state index in [-0.39, 0.29) is 17.1 Å². The SMILES string of the molecule is Cc1ccc(S(=O)(=O)CCC(=O)N=c2sc3cc(C)cc(C)c3n2C)cc1. The number of fused-ring (bicyclic) bond motifs is 1. The number of rotatable bonds is 4. The van der Waals surface area contributed by atoms with E-state index < -0.39 is 15.7 Å². The number of benzene rings is 2. The standard InChI is InChI=1S/C20H22N2O3S2/c1-13-5-7-16(8-6-13)27(24,25)10-9-18(23)21-20-22(4)19-15(3)11-14(2)12-17(19)26-20/h5-8,11-12H,9-10H2,1-4H3. The number of aromatic nitrogens is 1. The molecule has 0 atom stereocenters. The van der Waals surface area contributed by atoms with Crippen molar-refractivity contribution >= 4 is 37.3 Å². The zero-order chi connectivity index (χ0) is 19.8.